The van der Waals surface area contributed by atoms with Gasteiger partial charge in [0.2, 0.25) is 0 Å². The lowest BCUT2D eigenvalue weighted by atomic mass is 10.0. The normalized spacial score (nSPS) is 11.0. The number of nitro groups is 1. The highest BCUT2D eigenvalue weighted by Gasteiger charge is 2.17. The van der Waals surface area contributed by atoms with Crippen LogP contribution in [0.3, 0.4) is 0 Å². The number of rotatable bonds is 5. The third-order valence-corrected chi connectivity index (χ3v) is 4.88. The molecule has 1 N–H and O–H groups in total. The number of aryl methyl sites for hydroxylation is 1. The number of hydrogen-bond acceptors (Lipinski definition) is 5. The minimum atomic E-state index is -0.313. The third kappa shape index (κ3) is 3.07. The number of ether oxygens (including phenoxy) is 1. The van der Waals surface area contributed by atoms with Crippen LogP contribution in [0.1, 0.15) is 16.7 Å². The van der Waals surface area contributed by atoms with Crippen LogP contribution in [0.25, 0.3) is 11.0 Å². The lowest BCUT2D eigenvalue weighted by molar-refractivity contribution is -0.386. The Hall–Kier alpha value is -2.54. The zero-order valence-electron chi connectivity index (χ0n) is 13.6. The molecule has 2 aromatic carbocycles. The summed E-state index contributed by atoms with van der Waals surface area (Å²) in [6.45, 7) is 3.55. The van der Waals surface area contributed by atoms with E-state index in [4.69, 9.17) is 4.74 Å². The van der Waals surface area contributed by atoms with E-state index in [0.29, 0.717) is 16.9 Å². The van der Waals surface area contributed by atoms with Crippen molar-refractivity contribution in [3.8, 4) is 5.75 Å². The standard InChI is InChI=1S/C17H17N3O3S/c1-10-4-5-12(11(2)16(10)20(21)22)9-24-17-18-14-7-6-13(23-3)8-15(14)19-17/h4-8H,9H2,1-3H3,(H,18,19). The molecule has 6 nitrogen and oxygen atoms in total. The molecule has 0 atom stereocenters. The Kier molecular flexibility index (Phi) is 4.44. The van der Waals surface area contributed by atoms with Gasteiger partial charge in [-0.15, -0.1) is 0 Å². The lowest BCUT2D eigenvalue weighted by Gasteiger charge is -2.07. The number of benzene rings is 2. The van der Waals surface area contributed by atoms with Crippen molar-refractivity contribution >= 4 is 28.5 Å². The third-order valence-electron chi connectivity index (χ3n) is 3.96. The van der Waals surface area contributed by atoms with Gasteiger partial charge in [0.05, 0.1) is 23.1 Å². The molecule has 0 bridgehead atoms. The number of aromatic amines is 1. The predicted molar refractivity (Wildman–Crippen MR) is 94.8 cm³/mol. The number of methoxy groups -OCH3 is 1. The van der Waals surface area contributed by atoms with Crippen molar-refractivity contribution in [3.05, 3.63) is 57.1 Å². The summed E-state index contributed by atoms with van der Waals surface area (Å²) in [5, 5.41) is 12.0. The second kappa shape index (κ2) is 6.52. The quantitative estimate of drug-likeness (QED) is 0.422. The molecule has 0 spiro atoms. The maximum Gasteiger partial charge on any atom is 0.275 e. The summed E-state index contributed by atoms with van der Waals surface area (Å²) in [5.74, 6) is 1.39. The Labute approximate surface area is 143 Å². The summed E-state index contributed by atoms with van der Waals surface area (Å²) in [6, 6.07) is 9.40. The minimum absolute atomic E-state index is 0.197. The largest absolute Gasteiger partial charge is 0.497 e. The average molecular weight is 343 g/mol. The van der Waals surface area contributed by atoms with Crippen LogP contribution in [-0.4, -0.2) is 22.0 Å². The van der Waals surface area contributed by atoms with Gasteiger partial charge in [-0.05, 0) is 31.5 Å². The summed E-state index contributed by atoms with van der Waals surface area (Å²) < 4.78 is 5.20. The number of imidazole rings is 1. The number of fused-ring (bicyclic) bond motifs is 1. The number of thioether (sulfide) groups is 1. The van der Waals surface area contributed by atoms with Crippen molar-refractivity contribution in [3.63, 3.8) is 0 Å². The predicted octanol–water partition coefficient (Wildman–Crippen LogP) is 4.39. The van der Waals surface area contributed by atoms with E-state index in [1.165, 1.54) is 11.8 Å². The van der Waals surface area contributed by atoms with Crippen molar-refractivity contribution < 1.29 is 9.66 Å². The molecule has 0 radical (unpaired) electrons. The van der Waals surface area contributed by atoms with E-state index in [1.807, 2.05) is 24.3 Å². The van der Waals surface area contributed by atoms with Gasteiger partial charge in [0.1, 0.15) is 5.75 Å². The smallest absolute Gasteiger partial charge is 0.275 e. The molecule has 0 saturated carbocycles. The molecule has 3 rings (SSSR count). The van der Waals surface area contributed by atoms with Gasteiger partial charge in [-0.1, -0.05) is 23.9 Å². The molecule has 0 fully saturated rings. The SMILES string of the molecule is COc1ccc2nc(SCc3ccc(C)c([N+](=O)[O-])c3C)[nH]c2c1. The Morgan fingerprint density at radius 3 is 2.79 bits per heavy atom. The van der Waals surface area contributed by atoms with Gasteiger partial charge in [0.15, 0.2) is 5.16 Å². The van der Waals surface area contributed by atoms with Crippen molar-refractivity contribution in [1.82, 2.24) is 9.97 Å². The fraction of sp³-hybridized carbons (Fsp3) is 0.235. The van der Waals surface area contributed by atoms with Gasteiger partial charge in [-0.3, -0.25) is 10.1 Å². The van der Waals surface area contributed by atoms with Crippen molar-refractivity contribution in [2.45, 2.75) is 24.8 Å². The maximum absolute atomic E-state index is 11.2. The van der Waals surface area contributed by atoms with Gasteiger partial charge in [-0.2, -0.15) is 0 Å². The first kappa shape index (κ1) is 16.3. The molecule has 0 amide bonds. The van der Waals surface area contributed by atoms with Crippen LogP contribution in [0.2, 0.25) is 0 Å². The molecule has 1 aromatic heterocycles. The minimum Gasteiger partial charge on any atom is -0.497 e. The summed E-state index contributed by atoms with van der Waals surface area (Å²) in [7, 11) is 1.63. The second-order valence-electron chi connectivity index (χ2n) is 5.49. The molecule has 3 aromatic rings. The fourth-order valence-electron chi connectivity index (χ4n) is 2.62. The number of nitro benzene ring substituents is 1. The van der Waals surface area contributed by atoms with Gasteiger partial charge >= 0.3 is 0 Å². The van der Waals surface area contributed by atoms with Crippen LogP contribution >= 0.6 is 11.8 Å². The van der Waals surface area contributed by atoms with Crippen LogP contribution in [0.5, 0.6) is 5.75 Å². The number of nitrogens with one attached hydrogen (secondary N) is 1. The van der Waals surface area contributed by atoms with Crippen molar-refractivity contribution in [2.24, 2.45) is 0 Å². The number of nitrogens with zero attached hydrogens (tertiary/aromatic N) is 2. The Morgan fingerprint density at radius 2 is 2.08 bits per heavy atom. The summed E-state index contributed by atoms with van der Waals surface area (Å²) in [4.78, 5) is 18.7. The summed E-state index contributed by atoms with van der Waals surface area (Å²) in [5.41, 5.74) is 4.30. The molecular formula is C17H17N3O3S. The number of hydrogen-bond donors (Lipinski definition) is 1. The van der Waals surface area contributed by atoms with E-state index in [-0.39, 0.29) is 10.6 Å². The van der Waals surface area contributed by atoms with E-state index in [1.54, 1.807) is 27.0 Å². The number of H-pyrrole nitrogens is 1. The maximum atomic E-state index is 11.2. The van der Waals surface area contributed by atoms with Gasteiger partial charge in [0, 0.05) is 22.9 Å². The highest BCUT2D eigenvalue weighted by atomic mass is 32.2. The molecule has 0 saturated heterocycles. The zero-order chi connectivity index (χ0) is 17.3. The zero-order valence-corrected chi connectivity index (χ0v) is 14.4. The van der Waals surface area contributed by atoms with E-state index in [9.17, 15) is 10.1 Å². The molecule has 1 heterocycles. The monoisotopic (exact) mass is 343 g/mol. The van der Waals surface area contributed by atoms with Crippen LogP contribution < -0.4 is 4.74 Å². The van der Waals surface area contributed by atoms with Crippen LogP contribution in [0.15, 0.2) is 35.5 Å². The van der Waals surface area contributed by atoms with E-state index in [2.05, 4.69) is 9.97 Å². The molecular weight excluding hydrogens is 326 g/mol. The van der Waals surface area contributed by atoms with Crippen molar-refractivity contribution in [1.29, 1.82) is 0 Å². The average Bonchev–Trinajstić information content (AvgIpc) is 2.95. The van der Waals surface area contributed by atoms with Crippen LogP contribution in [0, 0.1) is 24.0 Å². The topological polar surface area (TPSA) is 81.1 Å². The Morgan fingerprint density at radius 1 is 1.29 bits per heavy atom. The molecule has 0 aliphatic rings. The molecule has 24 heavy (non-hydrogen) atoms. The van der Waals surface area contributed by atoms with Crippen LogP contribution in [0.4, 0.5) is 5.69 Å². The lowest BCUT2D eigenvalue weighted by Crippen LogP contribution is -1.98. The highest BCUT2D eigenvalue weighted by Crippen LogP contribution is 2.31. The van der Waals surface area contributed by atoms with Crippen LogP contribution in [-0.2, 0) is 5.75 Å². The first-order chi connectivity index (χ1) is 11.5. The van der Waals surface area contributed by atoms with E-state index in [0.717, 1.165) is 27.5 Å². The summed E-state index contributed by atoms with van der Waals surface area (Å²) in [6.07, 6.45) is 0. The Balaban J connectivity index is 1.83. The molecule has 0 unspecified atom stereocenters. The molecule has 7 heteroatoms. The van der Waals surface area contributed by atoms with E-state index >= 15 is 0 Å². The molecule has 0 aliphatic heterocycles. The highest BCUT2D eigenvalue weighted by molar-refractivity contribution is 7.98. The first-order valence-corrected chi connectivity index (χ1v) is 8.38. The molecule has 0 aliphatic carbocycles. The van der Waals surface area contributed by atoms with Gasteiger partial charge in [-0.25, -0.2) is 4.98 Å². The van der Waals surface area contributed by atoms with Gasteiger partial charge in [0.25, 0.3) is 5.69 Å². The van der Waals surface area contributed by atoms with E-state index < -0.39 is 0 Å². The number of aromatic nitrogens is 2. The second-order valence-corrected chi connectivity index (χ2v) is 6.45. The fourth-order valence-corrected chi connectivity index (χ4v) is 3.57. The van der Waals surface area contributed by atoms with Crippen molar-refractivity contribution in [2.75, 3.05) is 7.11 Å². The first-order valence-electron chi connectivity index (χ1n) is 7.39. The summed E-state index contributed by atoms with van der Waals surface area (Å²) >= 11 is 1.52. The van der Waals surface area contributed by atoms with Gasteiger partial charge < -0.3 is 9.72 Å². The molecule has 124 valence electrons. The Bertz CT molecular complexity index is 921.